The summed E-state index contributed by atoms with van der Waals surface area (Å²) in [6, 6.07) is 0. The van der Waals surface area contributed by atoms with Gasteiger partial charge in [-0.3, -0.25) is 9.11 Å². The van der Waals surface area contributed by atoms with Crippen LogP contribution >= 0.6 is 0 Å². The zero-order valence-electron chi connectivity index (χ0n) is 20.9. The zero-order chi connectivity index (χ0) is 24.0. The van der Waals surface area contributed by atoms with Crippen LogP contribution in [0.25, 0.3) is 0 Å². The molecule has 0 heterocycles. The van der Waals surface area contributed by atoms with Crippen LogP contribution in [-0.4, -0.2) is 39.7 Å². The molecule has 186 valence electrons. The number of carbonyl (C=O) groups is 2. The number of hydrogen-bond donors (Lipinski definition) is 4. The average Bonchev–Trinajstić information content (AvgIpc) is 2.65. The largest absolute Gasteiger partial charge is 1.00 e. The summed E-state index contributed by atoms with van der Waals surface area (Å²) in [5.74, 6) is -2.30. The molecule has 0 aromatic rings. The van der Waals surface area contributed by atoms with Crippen molar-refractivity contribution in [1.29, 1.82) is 0 Å². The van der Waals surface area contributed by atoms with Crippen molar-refractivity contribution in [2.24, 2.45) is 0 Å². The molecule has 0 unspecified atom stereocenters. The van der Waals surface area contributed by atoms with E-state index in [2.05, 4.69) is 6.92 Å². The molecular formula is C22H43NaO8S. The van der Waals surface area contributed by atoms with Crippen molar-refractivity contribution < 1.29 is 68.3 Å². The van der Waals surface area contributed by atoms with Crippen LogP contribution in [-0.2, 0) is 20.0 Å². The monoisotopic (exact) mass is 490 g/mol. The molecule has 0 amide bonds. The first kappa shape index (κ1) is 36.1. The van der Waals surface area contributed by atoms with Gasteiger partial charge in [0.25, 0.3) is 0 Å². The van der Waals surface area contributed by atoms with Crippen LogP contribution in [0.2, 0.25) is 0 Å². The van der Waals surface area contributed by atoms with Gasteiger partial charge in [0.2, 0.25) is 0 Å². The summed E-state index contributed by atoms with van der Waals surface area (Å²) >= 11 is 0. The second-order valence-electron chi connectivity index (χ2n) is 7.81. The summed E-state index contributed by atoms with van der Waals surface area (Å²) in [7, 11) is -4.67. The van der Waals surface area contributed by atoms with Crippen LogP contribution in [0.15, 0.2) is 11.6 Å². The molecule has 0 fully saturated rings. The Morgan fingerprint density at radius 1 is 0.688 bits per heavy atom. The van der Waals surface area contributed by atoms with Gasteiger partial charge in [-0.1, -0.05) is 103 Å². The standard InChI is InChI=1S/C22H40O4.Na.H2O4S.H/c1-2-3-4-5-6-7-8-9-10-11-12-13-14-15-16-17-18-20(22(25)26)19-21(23)24;;1-5(2,3)4;/h19H,2-18H2,1H3,(H,23,24)(H,25,26);;(H2,1,2,3,4);/q;+1;;-1/b20-19+;;;. The second-order valence-corrected chi connectivity index (χ2v) is 8.71. The van der Waals surface area contributed by atoms with Crippen LogP contribution in [0, 0.1) is 0 Å². The summed E-state index contributed by atoms with van der Waals surface area (Å²) in [6.07, 6.45) is 21.6. The van der Waals surface area contributed by atoms with Crippen LogP contribution < -0.4 is 29.6 Å². The van der Waals surface area contributed by atoms with Crippen LogP contribution in [0.4, 0.5) is 0 Å². The van der Waals surface area contributed by atoms with E-state index in [4.69, 9.17) is 27.7 Å². The summed E-state index contributed by atoms with van der Waals surface area (Å²) in [5, 5.41) is 17.5. The number of unbranched alkanes of at least 4 members (excludes halogenated alkanes) is 15. The minimum Gasteiger partial charge on any atom is -1.00 e. The fraction of sp³-hybridized carbons (Fsp3) is 0.818. The number of rotatable bonds is 19. The first-order chi connectivity index (χ1) is 14.6. The smallest absolute Gasteiger partial charge is 1.00 e. The van der Waals surface area contributed by atoms with Gasteiger partial charge in [0.15, 0.2) is 0 Å². The van der Waals surface area contributed by atoms with Gasteiger partial charge in [-0.05, 0) is 12.8 Å². The molecule has 0 radical (unpaired) electrons. The number of hydrogen-bond acceptors (Lipinski definition) is 4. The Labute approximate surface area is 217 Å². The second kappa shape index (κ2) is 25.2. The van der Waals surface area contributed by atoms with Gasteiger partial charge in [-0.15, -0.1) is 0 Å². The van der Waals surface area contributed by atoms with Crippen molar-refractivity contribution >= 4 is 22.3 Å². The Morgan fingerprint density at radius 3 is 1.22 bits per heavy atom. The van der Waals surface area contributed by atoms with E-state index in [0.717, 1.165) is 25.3 Å². The van der Waals surface area contributed by atoms with E-state index in [9.17, 15) is 9.59 Å². The topological polar surface area (TPSA) is 149 Å². The number of carboxylic acids is 2. The molecule has 4 N–H and O–H groups in total. The first-order valence-electron chi connectivity index (χ1n) is 11.4. The maximum atomic E-state index is 10.9. The Kier molecular flexibility index (Phi) is 28.4. The summed E-state index contributed by atoms with van der Waals surface area (Å²) < 4.78 is 31.6. The maximum absolute atomic E-state index is 10.9. The van der Waals surface area contributed by atoms with E-state index in [1.807, 2.05) is 0 Å². The predicted octanol–water partition coefficient (Wildman–Crippen LogP) is 3.20. The zero-order valence-corrected chi connectivity index (χ0v) is 22.7. The molecule has 0 aromatic carbocycles. The molecule has 0 aliphatic rings. The SMILES string of the molecule is CCCCCCCCCCCCCCCCCC/C(=C\C(=O)O)C(=O)O.O=S(=O)(O)O.[H-].[Na+]. The molecule has 0 saturated carbocycles. The molecule has 0 atom stereocenters. The van der Waals surface area contributed by atoms with Crippen molar-refractivity contribution in [3.63, 3.8) is 0 Å². The van der Waals surface area contributed by atoms with Crippen molar-refractivity contribution in [1.82, 2.24) is 0 Å². The maximum Gasteiger partial charge on any atom is 1.00 e. The summed E-state index contributed by atoms with van der Waals surface area (Å²) in [5.41, 5.74) is 0.00265. The van der Waals surface area contributed by atoms with E-state index < -0.39 is 22.3 Å². The fourth-order valence-electron chi connectivity index (χ4n) is 3.25. The number of aliphatic carboxylic acids is 2. The van der Waals surface area contributed by atoms with Gasteiger partial charge in [0, 0.05) is 11.6 Å². The van der Waals surface area contributed by atoms with Gasteiger partial charge in [-0.25, -0.2) is 9.59 Å². The summed E-state index contributed by atoms with van der Waals surface area (Å²) in [6.45, 7) is 2.26. The molecule has 10 heteroatoms. The van der Waals surface area contributed by atoms with E-state index in [0.29, 0.717) is 6.42 Å². The molecule has 0 saturated heterocycles. The molecule has 8 nitrogen and oxygen atoms in total. The average molecular weight is 491 g/mol. The molecule has 0 aliphatic heterocycles. The summed E-state index contributed by atoms with van der Waals surface area (Å²) in [4.78, 5) is 21.4. The molecule has 0 aromatic heterocycles. The predicted molar refractivity (Wildman–Crippen MR) is 123 cm³/mol. The van der Waals surface area contributed by atoms with Crippen molar-refractivity contribution in [3.8, 4) is 0 Å². The van der Waals surface area contributed by atoms with E-state index in [-0.39, 0.29) is 36.6 Å². The van der Waals surface area contributed by atoms with E-state index in [1.54, 1.807) is 0 Å². The third-order valence-corrected chi connectivity index (χ3v) is 4.87. The van der Waals surface area contributed by atoms with E-state index >= 15 is 0 Å². The van der Waals surface area contributed by atoms with Crippen molar-refractivity contribution in [2.75, 3.05) is 0 Å². The third kappa shape index (κ3) is 36.9. The van der Waals surface area contributed by atoms with Gasteiger partial charge in [-0.2, -0.15) is 8.42 Å². The minimum atomic E-state index is -4.67. The van der Waals surface area contributed by atoms with Gasteiger partial charge in [0.1, 0.15) is 0 Å². The molecule has 0 aliphatic carbocycles. The Bertz CT molecular complexity index is 589. The van der Waals surface area contributed by atoms with Crippen LogP contribution in [0.1, 0.15) is 118 Å². The van der Waals surface area contributed by atoms with Gasteiger partial charge in [0.05, 0.1) is 0 Å². The number of carboxylic acid groups (broad SMARTS) is 2. The van der Waals surface area contributed by atoms with E-state index in [1.165, 1.54) is 83.5 Å². The van der Waals surface area contributed by atoms with Gasteiger partial charge >= 0.3 is 51.9 Å². The molecule has 0 spiro atoms. The third-order valence-electron chi connectivity index (χ3n) is 4.87. The van der Waals surface area contributed by atoms with Crippen molar-refractivity contribution in [3.05, 3.63) is 11.6 Å². The first-order valence-corrected chi connectivity index (χ1v) is 12.8. The molecular weight excluding hydrogens is 447 g/mol. The molecule has 0 bridgehead atoms. The minimum absolute atomic E-state index is 0. The Morgan fingerprint density at radius 2 is 0.969 bits per heavy atom. The van der Waals surface area contributed by atoms with Gasteiger partial charge < -0.3 is 11.6 Å². The quantitative estimate of drug-likeness (QED) is 0.0933. The van der Waals surface area contributed by atoms with Crippen LogP contribution in [0.5, 0.6) is 0 Å². The van der Waals surface area contributed by atoms with Crippen molar-refractivity contribution in [2.45, 2.75) is 116 Å². The molecule has 32 heavy (non-hydrogen) atoms. The fourth-order valence-corrected chi connectivity index (χ4v) is 3.25. The normalized spacial score (nSPS) is 11.3. The molecule has 0 rings (SSSR count). The van der Waals surface area contributed by atoms with Crippen LogP contribution in [0.3, 0.4) is 0 Å². The Balaban J connectivity index is -0.000000539. The Hall–Kier alpha value is -0.450.